The van der Waals surface area contributed by atoms with Gasteiger partial charge in [0, 0.05) is 11.1 Å². The first kappa shape index (κ1) is 12.2. The van der Waals surface area contributed by atoms with Gasteiger partial charge in [-0.05, 0) is 6.72 Å². The summed E-state index contributed by atoms with van der Waals surface area (Å²) in [7, 11) is 0. The Morgan fingerprint density at radius 2 is 1.10 bits per heavy atom. The molecule has 0 unspecified atom stereocenters. The lowest BCUT2D eigenvalue weighted by Gasteiger charge is -2.05. The Hall–Kier alpha value is -2.88. The average Bonchev–Trinajstić information content (AvgIpc) is 2.56. The molecule has 3 aromatic rings. The van der Waals surface area contributed by atoms with Crippen LogP contribution in [0.3, 0.4) is 0 Å². The normalized spacial score (nSPS) is 10.2. The number of aromatic nitrogens is 3. The third-order valence-electron chi connectivity index (χ3n) is 2.83. The summed E-state index contributed by atoms with van der Waals surface area (Å²) in [6.45, 7) is 3.50. The Morgan fingerprint density at radius 3 is 1.50 bits per heavy atom. The summed E-state index contributed by atoms with van der Waals surface area (Å²) in [6, 6.07) is 19.5. The molecule has 0 saturated heterocycles. The molecule has 0 saturated carbocycles. The molecule has 0 aliphatic rings. The van der Waals surface area contributed by atoms with Crippen LogP contribution in [0.25, 0.3) is 22.8 Å². The van der Waals surface area contributed by atoms with Gasteiger partial charge in [-0.3, -0.25) is 0 Å². The quantitative estimate of drug-likeness (QED) is 0.677. The second-order valence-corrected chi connectivity index (χ2v) is 4.17. The first-order valence-corrected chi connectivity index (χ1v) is 6.20. The topological polar surface area (TPSA) is 51.0 Å². The lowest BCUT2D eigenvalue weighted by molar-refractivity contribution is 1.06. The number of nitrogens with zero attached hydrogens (tertiary/aromatic N) is 4. The van der Waals surface area contributed by atoms with Gasteiger partial charge in [-0.15, -0.1) is 0 Å². The summed E-state index contributed by atoms with van der Waals surface area (Å²) in [6.07, 6.45) is 0. The minimum atomic E-state index is 0.331. The van der Waals surface area contributed by atoms with Gasteiger partial charge in [0.25, 0.3) is 5.95 Å². The van der Waals surface area contributed by atoms with E-state index in [2.05, 4.69) is 26.7 Å². The van der Waals surface area contributed by atoms with Gasteiger partial charge in [0.1, 0.15) is 0 Å². The van der Waals surface area contributed by atoms with Crippen molar-refractivity contribution in [2.45, 2.75) is 0 Å². The van der Waals surface area contributed by atoms with Crippen molar-refractivity contribution in [1.82, 2.24) is 15.0 Å². The smallest absolute Gasteiger partial charge is 0.228 e. The molecule has 0 fully saturated rings. The highest BCUT2D eigenvalue weighted by atomic mass is 15.1. The van der Waals surface area contributed by atoms with Crippen LogP contribution in [-0.2, 0) is 0 Å². The van der Waals surface area contributed by atoms with E-state index in [-0.39, 0.29) is 0 Å². The van der Waals surface area contributed by atoms with E-state index in [1.54, 1.807) is 0 Å². The maximum absolute atomic E-state index is 4.51. The first-order chi connectivity index (χ1) is 9.86. The summed E-state index contributed by atoms with van der Waals surface area (Å²) in [5.74, 6) is 1.53. The second kappa shape index (κ2) is 5.40. The molecule has 0 radical (unpaired) electrons. The molecule has 4 heteroatoms. The molecule has 0 atom stereocenters. The fraction of sp³-hybridized carbons (Fsp3) is 0. The summed E-state index contributed by atoms with van der Waals surface area (Å²) in [4.78, 5) is 16.9. The largest absolute Gasteiger partial charge is 0.252 e. The van der Waals surface area contributed by atoms with E-state index in [0.29, 0.717) is 17.6 Å². The molecule has 2 aromatic carbocycles. The van der Waals surface area contributed by atoms with Crippen LogP contribution in [0.1, 0.15) is 0 Å². The Labute approximate surface area is 116 Å². The van der Waals surface area contributed by atoms with Gasteiger partial charge >= 0.3 is 0 Å². The van der Waals surface area contributed by atoms with Crippen LogP contribution in [0.15, 0.2) is 65.7 Å². The summed E-state index contributed by atoms with van der Waals surface area (Å²) in [5.41, 5.74) is 1.86. The highest BCUT2D eigenvalue weighted by Gasteiger charge is 2.08. The molecular formula is C16H12N4. The Morgan fingerprint density at radius 1 is 0.650 bits per heavy atom. The van der Waals surface area contributed by atoms with Gasteiger partial charge in [0.15, 0.2) is 11.6 Å². The molecule has 1 heterocycles. The summed E-state index contributed by atoms with van der Waals surface area (Å²) in [5, 5.41) is 0. The molecule has 1 aromatic heterocycles. The van der Waals surface area contributed by atoms with Crippen molar-refractivity contribution < 1.29 is 0 Å². The van der Waals surface area contributed by atoms with Gasteiger partial charge in [0.05, 0.1) is 0 Å². The van der Waals surface area contributed by atoms with Crippen LogP contribution >= 0.6 is 0 Å². The zero-order valence-electron chi connectivity index (χ0n) is 10.8. The first-order valence-electron chi connectivity index (χ1n) is 6.20. The second-order valence-electron chi connectivity index (χ2n) is 4.17. The van der Waals surface area contributed by atoms with Crippen molar-refractivity contribution in [3.8, 4) is 22.8 Å². The van der Waals surface area contributed by atoms with E-state index in [0.717, 1.165) is 11.1 Å². The number of benzene rings is 2. The van der Waals surface area contributed by atoms with E-state index in [1.807, 2.05) is 60.7 Å². The van der Waals surface area contributed by atoms with Gasteiger partial charge in [-0.2, -0.15) is 9.97 Å². The van der Waals surface area contributed by atoms with Gasteiger partial charge in [-0.25, -0.2) is 9.98 Å². The standard InChI is InChI=1S/C16H12N4/c1-17-16-19-14(12-8-4-2-5-9-12)18-15(20-16)13-10-6-3-7-11-13/h2-11H,1H2. The molecule has 0 amide bonds. The van der Waals surface area contributed by atoms with Gasteiger partial charge < -0.3 is 0 Å². The summed E-state index contributed by atoms with van der Waals surface area (Å²) < 4.78 is 0. The average molecular weight is 260 g/mol. The fourth-order valence-corrected chi connectivity index (χ4v) is 1.87. The molecule has 3 rings (SSSR count). The van der Waals surface area contributed by atoms with Crippen molar-refractivity contribution in [3.05, 3.63) is 60.7 Å². The molecule has 0 spiro atoms. The molecule has 20 heavy (non-hydrogen) atoms. The maximum Gasteiger partial charge on any atom is 0.252 e. The zero-order chi connectivity index (χ0) is 13.8. The highest BCUT2D eigenvalue weighted by Crippen LogP contribution is 2.21. The van der Waals surface area contributed by atoms with Crippen LogP contribution < -0.4 is 0 Å². The van der Waals surface area contributed by atoms with Crippen LogP contribution in [0.5, 0.6) is 0 Å². The van der Waals surface area contributed by atoms with Crippen molar-refractivity contribution in [3.63, 3.8) is 0 Å². The van der Waals surface area contributed by atoms with E-state index in [1.165, 1.54) is 0 Å². The predicted molar refractivity (Wildman–Crippen MR) is 79.9 cm³/mol. The van der Waals surface area contributed by atoms with Gasteiger partial charge in [0.2, 0.25) is 0 Å². The maximum atomic E-state index is 4.51. The number of aliphatic imine (C=N–C) groups is 1. The van der Waals surface area contributed by atoms with Crippen LogP contribution in [0, 0.1) is 0 Å². The van der Waals surface area contributed by atoms with E-state index in [4.69, 9.17) is 0 Å². The molecule has 0 aliphatic heterocycles. The molecular weight excluding hydrogens is 248 g/mol. The van der Waals surface area contributed by atoms with E-state index >= 15 is 0 Å². The minimum absolute atomic E-state index is 0.331. The summed E-state index contributed by atoms with van der Waals surface area (Å²) >= 11 is 0. The fourth-order valence-electron chi connectivity index (χ4n) is 1.87. The van der Waals surface area contributed by atoms with Crippen molar-refractivity contribution in [2.24, 2.45) is 4.99 Å². The van der Waals surface area contributed by atoms with Crippen LogP contribution in [0.4, 0.5) is 5.95 Å². The Balaban J connectivity index is 2.15. The minimum Gasteiger partial charge on any atom is -0.228 e. The SMILES string of the molecule is C=Nc1nc(-c2ccccc2)nc(-c2ccccc2)n1. The number of hydrogen-bond acceptors (Lipinski definition) is 4. The van der Waals surface area contributed by atoms with Crippen LogP contribution in [0.2, 0.25) is 0 Å². The van der Waals surface area contributed by atoms with E-state index < -0.39 is 0 Å². The molecule has 4 nitrogen and oxygen atoms in total. The molecule has 0 N–H and O–H groups in total. The Bertz CT molecular complexity index is 666. The third-order valence-corrected chi connectivity index (χ3v) is 2.83. The van der Waals surface area contributed by atoms with Gasteiger partial charge in [-0.1, -0.05) is 60.7 Å². The third kappa shape index (κ3) is 2.44. The number of rotatable bonds is 3. The lowest BCUT2D eigenvalue weighted by Crippen LogP contribution is -1.96. The van der Waals surface area contributed by atoms with Crippen molar-refractivity contribution >= 4 is 12.7 Å². The monoisotopic (exact) mass is 260 g/mol. The van der Waals surface area contributed by atoms with E-state index in [9.17, 15) is 0 Å². The molecule has 96 valence electrons. The van der Waals surface area contributed by atoms with Crippen LogP contribution in [-0.4, -0.2) is 21.7 Å². The van der Waals surface area contributed by atoms with Crippen molar-refractivity contribution in [1.29, 1.82) is 0 Å². The zero-order valence-corrected chi connectivity index (χ0v) is 10.8. The molecule has 0 aliphatic carbocycles. The highest BCUT2D eigenvalue weighted by molar-refractivity contribution is 5.62. The Kier molecular flexibility index (Phi) is 3.29. The molecule has 0 bridgehead atoms. The number of hydrogen-bond donors (Lipinski definition) is 0. The predicted octanol–water partition coefficient (Wildman–Crippen LogP) is 3.54. The lowest BCUT2D eigenvalue weighted by atomic mass is 10.2. The van der Waals surface area contributed by atoms with Crippen molar-refractivity contribution in [2.75, 3.05) is 0 Å².